The monoisotopic (exact) mass is 302 g/mol. The van der Waals surface area contributed by atoms with Gasteiger partial charge in [0.2, 0.25) is 5.91 Å². The molecule has 5 heteroatoms. The zero-order chi connectivity index (χ0) is 13.3. The van der Waals surface area contributed by atoms with Crippen molar-refractivity contribution in [3.63, 3.8) is 0 Å². The summed E-state index contributed by atoms with van der Waals surface area (Å²) in [4.78, 5) is 14.9. The van der Waals surface area contributed by atoms with Crippen molar-refractivity contribution in [2.24, 2.45) is 10.8 Å². The molecule has 3 rings (SSSR count). The molecule has 1 N–H and O–H groups in total. The van der Waals surface area contributed by atoms with E-state index in [-0.39, 0.29) is 17.8 Å². The molecule has 1 unspecified atom stereocenters. The van der Waals surface area contributed by atoms with E-state index < -0.39 is 0 Å². The standard InChI is InChI=1S/C15H26N2O2.ClH/c1-14(3-2-7-16-11-14)13(18)17-8-4-15(12-17)5-9-19-10-6-15;/h16H,2-12H2,1H3;1H. The molecule has 0 aromatic rings. The Balaban J connectivity index is 0.00000147. The van der Waals surface area contributed by atoms with Gasteiger partial charge in [-0.25, -0.2) is 0 Å². The van der Waals surface area contributed by atoms with Gasteiger partial charge in [-0.3, -0.25) is 4.79 Å². The highest BCUT2D eigenvalue weighted by Crippen LogP contribution is 2.41. The van der Waals surface area contributed by atoms with Crippen LogP contribution in [0.5, 0.6) is 0 Å². The quantitative estimate of drug-likeness (QED) is 0.803. The van der Waals surface area contributed by atoms with Gasteiger partial charge in [0, 0.05) is 32.8 Å². The highest BCUT2D eigenvalue weighted by Gasteiger charge is 2.45. The van der Waals surface area contributed by atoms with Gasteiger partial charge in [0.25, 0.3) is 0 Å². The van der Waals surface area contributed by atoms with Gasteiger partial charge >= 0.3 is 0 Å². The first-order valence-corrected chi connectivity index (χ1v) is 7.72. The first kappa shape index (κ1) is 16.1. The van der Waals surface area contributed by atoms with Gasteiger partial charge in [-0.2, -0.15) is 0 Å². The Morgan fingerprint density at radius 1 is 1.20 bits per heavy atom. The van der Waals surface area contributed by atoms with E-state index in [0.29, 0.717) is 11.3 Å². The van der Waals surface area contributed by atoms with Crippen molar-refractivity contribution < 1.29 is 9.53 Å². The number of ether oxygens (including phenoxy) is 1. The topological polar surface area (TPSA) is 41.6 Å². The van der Waals surface area contributed by atoms with E-state index in [1.165, 1.54) is 6.42 Å². The van der Waals surface area contributed by atoms with E-state index >= 15 is 0 Å². The van der Waals surface area contributed by atoms with E-state index in [9.17, 15) is 4.79 Å². The number of likely N-dealkylation sites (tertiary alicyclic amines) is 1. The van der Waals surface area contributed by atoms with E-state index in [1.807, 2.05) is 0 Å². The van der Waals surface area contributed by atoms with Gasteiger partial charge < -0.3 is 15.0 Å². The second-order valence-corrected chi connectivity index (χ2v) is 6.93. The molecule has 0 aliphatic carbocycles. The van der Waals surface area contributed by atoms with Gasteiger partial charge in [0.15, 0.2) is 0 Å². The fourth-order valence-electron chi connectivity index (χ4n) is 3.94. The predicted octanol–water partition coefficient (Wildman–Crippen LogP) is 1.83. The molecule has 3 saturated heterocycles. The molecule has 0 radical (unpaired) electrons. The first-order valence-electron chi connectivity index (χ1n) is 7.72. The van der Waals surface area contributed by atoms with E-state index in [4.69, 9.17) is 4.74 Å². The van der Waals surface area contributed by atoms with E-state index in [0.717, 1.165) is 65.1 Å². The number of hydrogen-bond acceptors (Lipinski definition) is 3. The number of hydrogen-bond donors (Lipinski definition) is 1. The lowest BCUT2D eigenvalue weighted by Gasteiger charge is -2.38. The molecule has 1 atom stereocenters. The van der Waals surface area contributed by atoms with Crippen molar-refractivity contribution in [3.05, 3.63) is 0 Å². The Morgan fingerprint density at radius 3 is 2.60 bits per heavy atom. The van der Waals surface area contributed by atoms with Crippen LogP contribution in [0.4, 0.5) is 0 Å². The number of nitrogens with zero attached hydrogens (tertiary/aromatic N) is 1. The Labute approximate surface area is 128 Å². The maximum absolute atomic E-state index is 12.8. The SMILES string of the molecule is CC1(C(=O)N2CCC3(CCOCC3)C2)CCCNC1.Cl. The molecule has 1 spiro atoms. The summed E-state index contributed by atoms with van der Waals surface area (Å²) in [7, 11) is 0. The maximum atomic E-state index is 12.8. The number of piperidine rings is 1. The average Bonchev–Trinajstić information content (AvgIpc) is 2.83. The molecule has 3 fully saturated rings. The average molecular weight is 303 g/mol. The minimum atomic E-state index is -0.172. The van der Waals surface area contributed by atoms with Crippen LogP contribution in [0.25, 0.3) is 0 Å². The van der Waals surface area contributed by atoms with Crippen LogP contribution in [0.15, 0.2) is 0 Å². The summed E-state index contributed by atoms with van der Waals surface area (Å²) in [5.74, 6) is 0.378. The second kappa shape index (κ2) is 6.20. The minimum Gasteiger partial charge on any atom is -0.381 e. The summed E-state index contributed by atoms with van der Waals surface area (Å²) in [5.41, 5.74) is 0.196. The van der Waals surface area contributed by atoms with Crippen LogP contribution in [-0.2, 0) is 9.53 Å². The fourth-order valence-corrected chi connectivity index (χ4v) is 3.94. The Morgan fingerprint density at radius 2 is 1.95 bits per heavy atom. The molecule has 116 valence electrons. The molecule has 0 bridgehead atoms. The predicted molar refractivity (Wildman–Crippen MR) is 81.1 cm³/mol. The molecule has 3 aliphatic heterocycles. The highest BCUT2D eigenvalue weighted by molar-refractivity contribution is 5.85. The van der Waals surface area contributed by atoms with Crippen molar-refractivity contribution in [1.82, 2.24) is 10.2 Å². The minimum absolute atomic E-state index is 0. The normalized spacial score (nSPS) is 33.0. The molecule has 0 aromatic carbocycles. The Kier molecular flexibility index (Phi) is 4.98. The van der Waals surface area contributed by atoms with E-state index in [1.54, 1.807) is 0 Å². The largest absolute Gasteiger partial charge is 0.381 e. The zero-order valence-corrected chi connectivity index (χ0v) is 13.3. The van der Waals surface area contributed by atoms with Crippen molar-refractivity contribution in [2.45, 2.75) is 39.0 Å². The molecule has 0 saturated carbocycles. The smallest absolute Gasteiger partial charge is 0.229 e. The molecule has 4 nitrogen and oxygen atoms in total. The zero-order valence-electron chi connectivity index (χ0n) is 12.5. The van der Waals surface area contributed by atoms with Gasteiger partial charge in [0.05, 0.1) is 5.41 Å². The lowest BCUT2D eigenvalue weighted by molar-refractivity contribution is -0.141. The van der Waals surface area contributed by atoms with Crippen LogP contribution in [0, 0.1) is 10.8 Å². The van der Waals surface area contributed by atoms with Crippen LogP contribution in [0.2, 0.25) is 0 Å². The summed E-state index contributed by atoms with van der Waals surface area (Å²) in [6.07, 6.45) is 5.59. The number of carbonyl (C=O) groups excluding carboxylic acids is 1. The lowest BCUT2D eigenvalue weighted by Crippen LogP contribution is -2.50. The molecule has 3 aliphatic rings. The summed E-state index contributed by atoms with van der Waals surface area (Å²) in [6, 6.07) is 0. The molecular formula is C15H27ClN2O2. The first-order chi connectivity index (χ1) is 9.14. The third-order valence-electron chi connectivity index (χ3n) is 5.39. The molecular weight excluding hydrogens is 276 g/mol. The van der Waals surface area contributed by atoms with Gasteiger partial charge in [-0.1, -0.05) is 0 Å². The number of rotatable bonds is 1. The summed E-state index contributed by atoms with van der Waals surface area (Å²) < 4.78 is 5.47. The van der Waals surface area contributed by atoms with Crippen molar-refractivity contribution in [1.29, 1.82) is 0 Å². The van der Waals surface area contributed by atoms with Crippen molar-refractivity contribution in [3.8, 4) is 0 Å². The molecule has 20 heavy (non-hydrogen) atoms. The summed E-state index contributed by atoms with van der Waals surface area (Å²) in [5, 5.41) is 3.38. The number of carbonyl (C=O) groups is 1. The lowest BCUT2D eigenvalue weighted by atomic mass is 9.79. The summed E-state index contributed by atoms with van der Waals surface area (Å²) in [6.45, 7) is 7.71. The molecule has 1 amide bonds. The maximum Gasteiger partial charge on any atom is 0.229 e. The van der Waals surface area contributed by atoms with Crippen LogP contribution in [0.1, 0.15) is 39.0 Å². The van der Waals surface area contributed by atoms with Gasteiger partial charge in [-0.05, 0) is 51.0 Å². The fraction of sp³-hybridized carbons (Fsp3) is 0.933. The molecule has 0 aromatic heterocycles. The third-order valence-corrected chi connectivity index (χ3v) is 5.39. The van der Waals surface area contributed by atoms with Crippen molar-refractivity contribution in [2.75, 3.05) is 39.4 Å². The Bertz CT molecular complexity index is 350. The molecule has 3 heterocycles. The summed E-state index contributed by atoms with van der Waals surface area (Å²) >= 11 is 0. The number of nitrogens with one attached hydrogen (secondary N) is 1. The third kappa shape index (κ3) is 2.97. The van der Waals surface area contributed by atoms with Crippen LogP contribution >= 0.6 is 12.4 Å². The van der Waals surface area contributed by atoms with Crippen LogP contribution in [-0.4, -0.2) is 50.2 Å². The van der Waals surface area contributed by atoms with Gasteiger partial charge in [0.1, 0.15) is 0 Å². The number of amides is 1. The van der Waals surface area contributed by atoms with Crippen LogP contribution < -0.4 is 5.32 Å². The number of halogens is 1. The highest BCUT2D eigenvalue weighted by atomic mass is 35.5. The second-order valence-electron chi connectivity index (χ2n) is 6.93. The van der Waals surface area contributed by atoms with Gasteiger partial charge in [-0.15, -0.1) is 12.4 Å². The van der Waals surface area contributed by atoms with Crippen molar-refractivity contribution >= 4 is 18.3 Å². The van der Waals surface area contributed by atoms with E-state index in [2.05, 4.69) is 17.1 Å². The van der Waals surface area contributed by atoms with Crippen LogP contribution in [0.3, 0.4) is 0 Å². The Hall–Kier alpha value is -0.320.